The number of nitrogens with zero attached hydrogens (tertiary/aromatic N) is 3. The third-order valence-corrected chi connectivity index (χ3v) is 4.11. The molecule has 2 atom stereocenters. The van der Waals surface area contributed by atoms with Gasteiger partial charge >= 0.3 is 0 Å². The molecular weight excluding hydrogens is 264 g/mol. The van der Waals surface area contributed by atoms with Gasteiger partial charge in [-0.3, -0.25) is 0 Å². The Morgan fingerprint density at radius 2 is 2.05 bits per heavy atom. The molecule has 1 aromatic heterocycles. The summed E-state index contributed by atoms with van der Waals surface area (Å²) >= 11 is 0. The Labute approximate surface area is 128 Å². The lowest BCUT2D eigenvalue weighted by Crippen LogP contribution is -2.29. The molecule has 1 N–H and O–H groups in total. The van der Waals surface area contributed by atoms with Gasteiger partial charge in [-0.05, 0) is 45.7 Å². The van der Waals surface area contributed by atoms with E-state index >= 15 is 0 Å². The highest BCUT2D eigenvalue weighted by molar-refractivity contribution is 5.29. The number of ether oxygens (including phenoxy) is 1. The quantitative estimate of drug-likeness (QED) is 0.800. The first-order chi connectivity index (χ1) is 10.1. The standard InChI is InChI=1S/C16H30N4O/c1-13(10-19-7-5-6-8-19)9-17-16-18-14(2)11-20(16)15(3)12-21-4/h11,13,15H,5-10,12H2,1-4H3,(H,17,18). The zero-order valence-corrected chi connectivity index (χ0v) is 13.9. The molecule has 5 nitrogen and oxygen atoms in total. The first-order valence-electron chi connectivity index (χ1n) is 8.10. The fourth-order valence-corrected chi connectivity index (χ4v) is 3.04. The predicted molar refractivity (Wildman–Crippen MR) is 86.9 cm³/mol. The second kappa shape index (κ2) is 7.80. The minimum atomic E-state index is 0.299. The van der Waals surface area contributed by atoms with Crippen LogP contribution in [-0.4, -0.2) is 54.3 Å². The number of anilines is 1. The highest BCUT2D eigenvalue weighted by atomic mass is 16.5. The van der Waals surface area contributed by atoms with E-state index in [1.54, 1.807) is 7.11 Å². The maximum atomic E-state index is 5.25. The van der Waals surface area contributed by atoms with Crippen LogP contribution in [0.5, 0.6) is 0 Å². The Balaban J connectivity index is 1.86. The third-order valence-electron chi connectivity index (χ3n) is 4.11. The number of aromatic nitrogens is 2. The van der Waals surface area contributed by atoms with Crippen LogP contribution < -0.4 is 5.32 Å². The first kappa shape index (κ1) is 16.3. The summed E-state index contributed by atoms with van der Waals surface area (Å²) in [5.41, 5.74) is 1.05. The Kier molecular flexibility index (Phi) is 6.06. The number of imidazole rings is 1. The van der Waals surface area contributed by atoms with Crippen molar-refractivity contribution in [2.75, 3.05) is 45.2 Å². The third kappa shape index (κ3) is 4.71. The molecule has 0 saturated carbocycles. The van der Waals surface area contributed by atoms with Gasteiger partial charge in [0.05, 0.1) is 18.3 Å². The Bertz CT molecular complexity index is 426. The normalized spacial score (nSPS) is 18.9. The topological polar surface area (TPSA) is 42.3 Å². The van der Waals surface area contributed by atoms with Crippen LogP contribution in [0.25, 0.3) is 0 Å². The second-order valence-electron chi connectivity index (χ2n) is 6.41. The molecule has 0 radical (unpaired) electrons. The van der Waals surface area contributed by atoms with Crippen LogP contribution in [0, 0.1) is 12.8 Å². The van der Waals surface area contributed by atoms with Crippen LogP contribution in [0.1, 0.15) is 38.4 Å². The van der Waals surface area contributed by atoms with E-state index in [0.29, 0.717) is 18.6 Å². The zero-order chi connectivity index (χ0) is 15.2. The van der Waals surface area contributed by atoms with Crippen molar-refractivity contribution in [3.63, 3.8) is 0 Å². The van der Waals surface area contributed by atoms with E-state index in [1.165, 1.54) is 32.5 Å². The molecule has 0 aromatic carbocycles. The molecule has 1 aliphatic heterocycles. The number of likely N-dealkylation sites (tertiary alicyclic amines) is 1. The van der Waals surface area contributed by atoms with Crippen molar-refractivity contribution < 1.29 is 4.74 Å². The Morgan fingerprint density at radius 3 is 2.71 bits per heavy atom. The molecule has 1 aliphatic rings. The van der Waals surface area contributed by atoms with Crippen molar-refractivity contribution >= 4 is 5.95 Å². The molecule has 0 bridgehead atoms. The lowest BCUT2D eigenvalue weighted by Gasteiger charge is -2.21. The molecule has 2 unspecified atom stereocenters. The van der Waals surface area contributed by atoms with Gasteiger partial charge in [0.2, 0.25) is 5.95 Å². The summed E-state index contributed by atoms with van der Waals surface area (Å²) in [6.07, 6.45) is 4.81. The average Bonchev–Trinajstić information content (AvgIpc) is 3.06. The van der Waals surface area contributed by atoms with Crippen LogP contribution in [0.2, 0.25) is 0 Å². The lowest BCUT2D eigenvalue weighted by atomic mass is 10.1. The van der Waals surface area contributed by atoms with E-state index in [0.717, 1.165) is 18.2 Å². The Morgan fingerprint density at radius 1 is 1.33 bits per heavy atom. The second-order valence-corrected chi connectivity index (χ2v) is 6.41. The predicted octanol–water partition coefficient (Wildman–Crippen LogP) is 2.54. The number of methoxy groups -OCH3 is 1. The smallest absolute Gasteiger partial charge is 0.203 e. The summed E-state index contributed by atoms with van der Waals surface area (Å²) in [5.74, 6) is 1.59. The minimum Gasteiger partial charge on any atom is -0.383 e. The molecule has 1 saturated heterocycles. The van der Waals surface area contributed by atoms with E-state index < -0.39 is 0 Å². The molecule has 120 valence electrons. The van der Waals surface area contributed by atoms with Crippen LogP contribution >= 0.6 is 0 Å². The zero-order valence-electron chi connectivity index (χ0n) is 13.9. The van der Waals surface area contributed by atoms with Crippen LogP contribution in [0.15, 0.2) is 6.20 Å². The molecular formula is C16H30N4O. The van der Waals surface area contributed by atoms with E-state index in [1.807, 2.05) is 6.92 Å². The van der Waals surface area contributed by atoms with Gasteiger partial charge in [0, 0.05) is 26.4 Å². The summed E-state index contributed by atoms with van der Waals surface area (Å²) < 4.78 is 7.44. The molecule has 0 aliphatic carbocycles. The fraction of sp³-hybridized carbons (Fsp3) is 0.812. The molecule has 21 heavy (non-hydrogen) atoms. The summed E-state index contributed by atoms with van der Waals surface area (Å²) in [6.45, 7) is 11.9. The number of hydrogen-bond acceptors (Lipinski definition) is 4. The number of nitrogens with one attached hydrogen (secondary N) is 1. The van der Waals surface area contributed by atoms with Gasteiger partial charge in [0.1, 0.15) is 0 Å². The van der Waals surface area contributed by atoms with E-state index in [-0.39, 0.29) is 0 Å². The Hall–Kier alpha value is -1.07. The highest BCUT2D eigenvalue weighted by Crippen LogP contribution is 2.17. The number of aryl methyl sites for hydroxylation is 1. The van der Waals surface area contributed by atoms with Crippen LogP contribution in [0.3, 0.4) is 0 Å². The molecule has 5 heteroatoms. The van der Waals surface area contributed by atoms with Gasteiger partial charge in [0.25, 0.3) is 0 Å². The van der Waals surface area contributed by atoms with Gasteiger partial charge in [0.15, 0.2) is 0 Å². The van der Waals surface area contributed by atoms with E-state index in [2.05, 4.69) is 39.8 Å². The molecule has 2 heterocycles. The van der Waals surface area contributed by atoms with Crippen molar-refractivity contribution in [2.24, 2.45) is 5.92 Å². The summed E-state index contributed by atoms with van der Waals surface area (Å²) in [7, 11) is 1.74. The lowest BCUT2D eigenvalue weighted by molar-refractivity contribution is 0.163. The maximum Gasteiger partial charge on any atom is 0.203 e. The molecule has 2 rings (SSSR count). The molecule has 0 spiro atoms. The van der Waals surface area contributed by atoms with E-state index in [9.17, 15) is 0 Å². The summed E-state index contributed by atoms with van der Waals surface area (Å²) in [6, 6.07) is 0.299. The molecule has 0 amide bonds. The van der Waals surface area contributed by atoms with Crippen molar-refractivity contribution in [1.29, 1.82) is 0 Å². The van der Waals surface area contributed by atoms with Crippen LogP contribution in [0.4, 0.5) is 5.95 Å². The first-order valence-corrected chi connectivity index (χ1v) is 8.10. The SMILES string of the molecule is COCC(C)n1cc(C)nc1NCC(C)CN1CCCC1. The van der Waals surface area contributed by atoms with Crippen molar-refractivity contribution in [3.05, 3.63) is 11.9 Å². The largest absolute Gasteiger partial charge is 0.383 e. The fourth-order valence-electron chi connectivity index (χ4n) is 3.04. The van der Waals surface area contributed by atoms with E-state index in [4.69, 9.17) is 4.74 Å². The van der Waals surface area contributed by atoms with Gasteiger partial charge in [-0.15, -0.1) is 0 Å². The summed E-state index contributed by atoms with van der Waals surface area (Å²) in [4.78, 5) is 7.17. The average molecular weight is 294 g/mol. The van der Waals surface area contributed by atoms with Crippen LogP contribution in [-0.2, 0) is 4.74 Å². The highest BCUT2D eigenvalue weighted by Gasteiger charge is 2.16. The number of rotatable bonds is 8. The van der Waals surface area contributed by atoms with Crippen molar-refractivity contribution in [2.45, 2.75) is 39.7 Å². The maximum absolute atomic E-state index is 5.25. The monoisotopic (exact) mass is 294 g/mol. The van der Waals surface area contributed by atoms with Crippen molar-refractivity contribution in [1.82, 2.24) is 14.5 Å². The van der Waals surface area contributed by atoms with Crippen molar-refractivity contribution in [3.8, 4) is 0 Å². The summed E-state index contributed by atoms with van der Waals surface area (Å²) in [5, 5.41) is 3.52. The van der Waals surface area contributed by atoms with Gasteiger partial charge in [-0.2, -0.15) is 0 Å². The number of hydrogen-bond donors (Lipinski definition) is 1. The van der Waals surface area contributed by atoms with Gasteiger partial charge < -0.3 is 19.5 Å². The molecule has 1 fully saturated rings. The molecule has 1 aromatic rings. The van der Waals surface area contributed by atoms with Gasteiger partial charge in [-0.1, -0.05) is 6.92 Å². The minimum absolute atomic E-state index is 0.299. The van der Waals surface area contributed by atoms with Gasteiger partial charge in [-0.25, -0.2) is 4.98 Å².